The highest BCUT2D eigenvalue weighted by Gasteiger charge is 2.31. The molecule has 3 rings (SSSR count). The molecule has 8 nitrogen and oxygen atoms in total. The average Bonchev–Trinajstić information content (AvgIpc) is 3.11. The number of rotatable bonds is 5. The number of fused-ring (bicyclic) bond motifs is 1. The molecule has 2 atom stereocenters. The number of benzene rings is 1. The first-order chi connectivity index (χ1) is 11.4. The van der Waals surface area contributed by atoms with Gasteiger partial charge in [-0.25, -0.2) is 8.42 Å². The first kappa shape index (κ1) is 19.4. The Bertz CT molecular complexity index is 881. The van der Waals surface area contributed by atoms with Gasteiger partial charge in [0.1, 0.15) is 11.9 Å². The van der Waals surface area contributed by atoms with E-state index in [0.717, 1.165) is 0 Å². The fourth-order valence-electron chi connectivity index (χ4n) is 2.37. The van der Waals surface area contributed by atoms with Gasteiger partial charge < -0.3 is 9.84 Å². The largest absolute Gasteiger partial charge is 0.337 e. The van der Waals surface area contributed by atoms with Crippen LogP contribution in [0.3, 0.4) is 0 Å². The number of aromatic nitrogens is 2. The summed E-state index contributed by atoms with van der Waals surface area (Å²) in [6, 6.07) is 6.48. The van der Waals surface area contributed by atoms with Crippen LogP contribution in [0.5, 0.6) is 0 Å². The number of nitrogens with zero attached hydrogens (tertiary/aromatic N) is 3. The number of amidine groups is 1. The molecular weight excluding hydrogens is 366 g/mol. The number of halogens is 1. The van der Waals surface area contributed by atoms with Gasteiger partial charge in [0.15, 0.2) is 5.82 Å². The van der Waals surface area contributed by atoms with Crippen LogP contribution < -0.4 is 10.0 Å². The molecule has 0 bridgehead atoms. The molecule has 0 radical (unpaired) electrons. The van der Waals surface area contributed by atoms with Gasteiger partial charge in [0, 0.05) is 18.0 Å². The lowest BCUT2D eigenvalue weighted by Gasteiger charge is -2.05. The van der Waals surface area contributed by atoms with Crippen molar-refractivity contribution in [2.24, 2.45) is 4.99 Å². The summed E-state index contributed by atoms with van der Waals surface area (Å²) in [6.07, 6.45) is 0.638. The predicted octanol–water partition coefficient (Wildman–Crippen LogP) is 1.44. The smallest absolute Gasteiger partial charge is 0.263 e. The van der Waals surface area contributed by atoms with Crippen LogP contribution in [0.4, 0.5) is 0 Å². The van der Waals surface area contributed by atoms with Crippen molar-refractivity contribution in [3.05, 3.63) is 41.5 Å². The molecule has 0 saturated heterocycles. The van der Waals surface area contributed by atoms with E-state index >= 15 is 0 Å². The second-order valence-electron chi connectivity index (χ2n) is 5.70. The minimum absolute atomic E-state index is 0. The van der Waals surface area contributed by atoms with Crippen LogP contribution in [0.2, 0.25) is 0 Å². The second kappa shape index (κ2) is 7.51. The van der Waals surface area contributed by atoms with Crippen molar-refractivity contribution in [3.63, 3.8) is 0 Å². The van der Waals surface area contributed by atoms with Gasteiger partial charge in [0.05, 0.1) is 4.90 Å². The van der Waals surface area contributed by atoms with Crippen molar-refractivity contribution in [1.82, 2.24) is 20.2 Å². The third-order valence-electron chi connectivity index (χ3n) is 3.81. The molecular formula is C15H20ClN5O3S. The molecule has 0 aliphatic carbocycles. The summed E-state index contributed by atoms with van der Waals surface area (Å²) in [7, 11) is -1.69. The molecule has 0 spiro atoms. The topological polar surface area (TPSA) is 109 Å². The van der Waals surface area contributed by atoms with Gasteiger partial charge in [-0.1, -0.05) is 17.3 Å². The molecule has 0 fully saturated rings. The maximum absolute atomic E-state index is 12.1. The van der Waals surface area contributed by atoms with Crippen molar-refractivity contribution >= 4 is 28.3 Å². The average molecular weight is 386 g/mol. The summed E-state index contributed by atoms with van der Waals surface area (Å²) in [5.41, 5.74) is 0.549. The molecule has 2 unspecified atom stereocenters. The van der Waals surface area contributed by atoms with Crippen molar-refractivity contribution in [2.75, 3.05) is 7.05 Å². The van der Waals surface area contributed by atoms with Gasteiger partial charge in [0.25, 0.3) is 15.9 Å². The summed E-state index contributed by atoms with van der Waals surface area (Å²) < 4.78 is 31.9. The van der Waals surface area contributed by atoms with Gasteiger partial charge >= 0.3 is 0 Å². The van der Waals surface area contributed by atoms with Crippen molar-refractivity contribution < 1.29 is 12.9 Å². The molecule has 1 aliphatic heterocycles. The van der Waals surface area contributed by atoms with E-state index in [0.29, 0.717) is 29.5 Å². The number of hydrogen-bond acceptors (Lipinski definition) is 7. The van der Waals surface area contributed by atoms with E-state index < -0.39 is 16.1 Å². The van der Waals surface area contributed by atoms with Gasteiger partial charge in [-0.05, 0) is 33.0 Å². The predicted molar refractivity (Wildman–Crippen MR) is 95.5 cm³/mol. The van der Waals surface area contributed by atoms with E-state index in [1.165, 1.54) is 0 Å². The van der Waals surface area contributed by atoms with Gasteiger partial charge in [-0.3, -0.25) is 9.71 Å². The second-order valence-corrected chi connectivity index (χ2v) is 7.35. The molecule has 2 N–H and O–H groups in total. The molecule has 1 aromatic heterocycles. The van der Waals surface area contributed by atoms with Crippen LogP contribution in [0, 0.1) is 0 Å². The quantitative estimate of drug-likeness (QED) is 0.805. The van der Waals surface area contributed by atoms with Crippen molar-refractivity contribution in [2.45, 2.75) is 37.2 Å². The minimum atomic E-state index is -3.55. The van der Waals surface area contributed by atoms with Gasteiger partial charge in [0.2, 0.25) is 0 Å². The van der Waals surface area contributed by atoms with E-state index in [9.17, 15) is 8.42 Å². The molecule has 2 heterocycles. The Hall–Kier alpha value is -1.97. The van der Waals surface area contributed by atoms with Crippen LogP contribution >= 0.6 is 12.4 Å². The van der Waals surface area contributed by atoms with Gasteiger partial charge in [-0.2, -0.15) is 4.98 Å². The normalized spacial score (nSPS) is 18.9. The number of aliphatic imine (C=N–C) groups is 1. The number of likely N-dealkylation sites (N-methyl/N-ethyl adjacent to an activating group) is 1. The summed E-state index contributed by atoms with van der Waals surface area (Å²) in [5, 5.41) is 7.04. The Morgan fingerprint density at radius 2 is 2.04 bits per heavy atom. The molecule has 2 aromatic rings. The Morgan fingerprint density at radius 1 is 1.32 bits per heavy atom. The highest BCUT2D eigenvalue weighted by Crippen LogP contribution is 2.24. The first-order valence-electron chi connectivity index (χ1n) is 7.60. The molecule has 10 heteroatoms. The zero-order chi connectivity index (χ0) is 17.3. The fraction of sp³-hybridized carbons (Fsp3) is 0.400. The molecule has 136 valence electrons. The zero-order valence-corrected chi connectivity index (χ0v) is 15.7. The lowest BCUT2D eigenvalue weighted by molar-refractivity contribution is 0.356. The maximum atomic E-state index is 12.1. The first-order valence-corrected chi connectivity index (χ1v) is 9.09. The third kappa shape index (κ3) is 4.00. The lowest BCUT2D eigenvalue weighted by Crippen LogP contribution is -2.24. The standard InChI is InChI=1S/C15H19N5O3S.ClH/c1-9(16-3)8-13-18-15(23-19-13)10(2)17-14-11-6-4-5-7-12(11)24(21,22)20-14;/h4-7,9-10,16H,8H2,1-3H3,(H,17,20);1H. The Labute approximate surface area is 152 Å². The van der Waals surface area contributed by atoms with Crippen LogP contribution in [0.25, 0.3) is 0 Å². The van der Waals surface area contributed by atoms with E-state index in [4.69, 9.17) is 4.52 Å². The Kier molecular flexibility index (Phi) is 5.81. The SMILES string of the molecule is CNC(C)Cc1noc(C(C)N=C2NS(=O)(=O)c3ccccc32)n1.Cl. The van der Waals surface area contributed by atoms with Crippen LogP contribution in [0.1, 0.15) is 37.2 Å². The summed E-state index contributed by atoms with van der Waals surface area (Å²) in [5.74, 6) is 1.23. The molecule has 0 saturated carbocycles. The third-order valence-corrected chi connectivity index (χ3v) is 5.21. The number of nitrogens with one attached hydrogen (secondary N) is 2. The molecule has 0 amide bonds. The lowest BCUT2D eigenvalue weighted by atomic mass is 10.2. The summed E-state index contributed by atoms with van der Waals surface area (Å²) in [4.78, 5) is 8.97. The van der Waals surface area contributed by atoms with Crippen LogP contribution in [-0.2, 0) is 16.4 Å². The van der Waals surface area contributed by atoms with Gasteiger partial charge in [-0.15, -0.1) is 12.4 Å². The Morgan fingerprint density at radius 3 is 2.76 bits per heavy atom. The van der Waals surface area contributed by atoms with Crippen LogP contribution in [0.15, 0.2) is 38.7 Å². The van der Waals surface area contributed by atoms with Crippen molar-refractivity contribution in [3.8, 4) is 0 Å². The monoisotopic (exact) mass is 385 g/mol. The fourth-order valence-corrected chi connectivity index (χ4v) is 3.61. The van der Waals surface area contributed by atoms with E-state index in [2.05, 4.69) is 25.2 Å². The zero-order valence-electron chi connectivity index (χ0n) is 14.1. The maximum Gasteiger partial charge on any atom is 0.263 e. The summed E-state index contributed by atoms with van der Waals surface area (Å²) in [6.45, 7) is 3.80. The number of sulfonamides is 1. The highest BCUT2D eigenvalue weighted by molar-refractivity contribution is 7.90. The molecule has 25 heavy (non-hydrogen) atoms. The van der Waals surface area contributed by atoms with Crippen LogP contribution in [-0.4, -0.2) is 37.5 Å². The van der Waals surface area contributed by atoms with E-state index in [1.807, 2.05) is 14.0 Å². The van der Waals surface area contributed by atoms with Crippen molar-refractivity contribution in [1.29, 1.82) is 0 Å². The summed E-state index contributed by atoms with van der Waals surface area (Å²) >= 11 is 0. The Balaban J connectivity index is 0.00000225. The molecule has 1 aliphatic rings. The highest BCUT2D eigenvalue weighted by atomic mass is 35.5. The minimum Gasteiger partial charge on any atom is -0.337 e. The molecule has 1 aromatic carbocycles. The van der Waals surface area contributed by atoms with E-state index in [-0.39, 0.29) is 23.3 Å². The van der Waals surface area contributed by atoms with E-state index in [1.54, 1.807) is 31.2 Å². The number of hydrogen-bond donors (Lipinski definition) is 2.